The molecule has 6 nitrogen and oxygen atoms in total. The SMILES string of the molecule is COCCCNc1ncnc(NCCCl)n1. The number of hydrogen-bond acceptors (Lipinski definition) is 6. The molecule has 0 aliphatic heterocycles. The van der Waals surface area contributed by atoms with Crippen molar-refractivity contribution in [3.05, 3.63) is 6.33 Å². The molecule has 16 heavy (non-hydrogen) atoms. The van der Waals surface area contributed by atoms with Crippen molar-refractivity contribution in [2.45, 2.75) is 6.42 Å². The van der Waals surface area contributed by atoms with Crippen LogP contribution in [0.15, 0.2) is 6.33 Å². The van der Waals surface area contributed by atoms with Crippen LogP contribution in [-0.2, 0) is 4.74 Å². The van der Waals surface area contributed by atoms with E-state index in [1.165, 1.54) is 6.33 Å². The van der Waals surface area contributed by atoms with Crippen molar-refractivity contribution in [3.8, 4) is 0 Å². The zero-order valence-electron chi connectivity index (χ0n) is 9.24. The van der Waals surface area contributed by atoms with Crippen LogP contribution in [0.2, 0.25) is 0 Å². The first-order valence-electron chi connectivity index (χ1n) is 5.08. The fourth-order valence-corrected chi connectivity index (χ4v) is 1.14. The van der Waals surface area contributed by atoms with Gasteiger partial charge in [0.15, 0.2) is 0 Å². The second kappa shape index (κ2) is 8.06. The molecule has 1 rings (SSSR count). The number of alkyl halides is 1. The van der Waals surface area contributed by atoms with Crippen molar-refractivity contribution in [3.63, 3.8) is 0 Å². The van der Waals surface area contributed by atoms with Gasteiger partial charge in [-0.15, -0.1) is 11.6 Å². The number of anilines is 2. The molecule has 0 saturated carbocycles. The van der Waals surface area contributed by atoms with Gasteiger partial charge in [-0.25, -0.2) is 9.97 Å². The minimum absolute atomic E-state index is 0.516. The molecule has 90 valence electrons. The summed E-state index contributed by atoms with van der Waals surface area (Å²) in [6, 6.07) is 0. The Hall–Kier alpha value is -1.14. The van der Waals surface area contributed by atoms with Crippen LogP contribution in [0.3, 0.4) is 0 Å². The third kappa shape index (κ3) is 5.09. The van der Waals surface area contributed by atoms with E-state index in [9.17, 15) is 0 Å². The van der Waals surface area contributed by atoms with Crippen LogP contribution in [-0.4, -0.2) is 47.6 Å². The molecule has 2 N–H and O–H groups in total. The first-order valence-corrected chi connectivity index (χ1v) is 5.62. The highest BCUT2D eigenvalue weighted by Crippen LogP contribution is 2.01. The maximum absolute atomic E-state index is 5.55. The van der Waals surface area contributed by atoms with Crippen molar-refractivity contribution in [2.24, 2.45) is 0 Å². The van der Waals surface area contributed by atoms with Gasteiger partial charge in [0.1, 0.15) is 6.33 Å². The molecule has 7 heteroatoms. The Morgan fingerprint density at radius 2 is 1.94 bits per heavy atom. The van der Waals surface area contributed by atoms with Crippen molar-refractivity contribution >= 4 is 23.5 Å². The average Bonchev–Trinajstić information content (AvgIpc) is 2.33. The van der Waals surface area contributed by atoms with Crippen molar-refractivity contribution in [1.82, 2.24) is 15.0 Å². The third-order valence-electron chi connectivity index (χ3n) is 1.76. The van der Waals surface area contributed by atoms with Crippen LogP contribution in [0.25, 0.3) is 0 Å². The lowest BCUT2D eigenvalue weighted by Crippen LogP contribution is -2.11. The van der Waals surface area contributed by atoms with E-state index in [-0.39, 0.29) is 0 Å². The number of ether oxygens (including phenoxy) is 1. The highest BCUT2D eigenvalue weighted by Gasteiger charge is 1.98. The molecule has 0 atom stereocenters. The number of nitrogens with one attached hydrogen (secondary N) is 2. The van der Waals surface area contributed by atoms with E-state index in [0.717, 1.165) is 19.6 Å². The van der Waals surface area contributed by atoms with E-state index in [1.807, 2.05) is 0 Å². The molecule has 0 aromatic carbocycles. The summed E-state index contributed by atoms with van der Waals surface area (Å²) in [4.78, 5) is 12.1. The van der Waals surface area contributed by atoms with Crippen molar-refractivity contribution in [2.75, 3.05) is 43.3 Å². The van der Waals surface area contributed by atoms with Crippen LogP contribution in [0.5, 0.6) is 0 Å². The maximum Gasteiger partial charge on any atom is 0.227 e. The number of rotatable bonds is 8. The molecular weight excluding hydrogens is 230 g/mol. The summed E-state index contributed by atoms with van der Waals surface area (Å²) in [5.41, 5.74) is 0. The molecule has 1 aromatic rings. The maximum atomic E-state index is 5.55. The lowest BCUT2D eigenvalue weighted by molar-refractivity contribution is 0.197. The zero-order chi connectivity index (χ0) is 11.6. The summed E-state index contributed by atoms with van der Waals surface area (Å²) in [6.07, 6.45) is 2.37. The summed E-state index contributed by atoms with van der Waals surface area (Å²) >= 11 is 5.55. The Morgan fingerprint density at radius 3 is 2.56 bits per heavy atom. The summed E-state index contributed by atoms with van der Waals surface area (Å²) < 4.78 is 4.94. The normalized spacial score (nSPS) is 10.1. The van der Waals surface area contributed by atoms with Crippen LogP contribution >= 0.6 is 11.6 Å². The van der Waals surface area contributed by atoms with Gasteiger partial charge in [-0.05, 0) is 6.42 Å². The first-order chi connectivity index (χ1) is 7.86. The molecule has 0 amide bonds. The highest BCUT2D eigenvalue weighted by molar-refractivity contribution is 6.18. The predicted molar refractivity (Wildman–Crippen MR) is 64.0 cm³/mol. The predicted octanol–water partition coefficient (Wildman–Crippen LogP) is 0.971. The highest BCUT2D eigenvalue weighted by atomic mass is 35.5. The van der Waals surface area contributed by atoms with Gasteiger partial charge >= 0.3 is 0 Å². The van der Waals surface area contributed by atoms with Crippen molar-refractivity contribution < 1.29 is 4.74 Å². The Balaban J connectivity index is 2.35. The number of aromatic nitrogens is 3. The minimum atomic E-state index is 0.516. The van der Waals surface area contributed by atoms with Gasteiger partial charge in [0.05, 0.1) is 0 Å². The van der Waals surface area contributed by atoms with Gasteiger partial charge < -0.3 is 15.4 Å². The topological polar surface area (TPSA) is 72.0 Å². The summed E-state index contributed by atoms with van der Waals surface area (Å²) in [5, 5.41) is 6.06. The number of halogens is 1. The molecule has 1 heterocycles. The van der Waals surface area contributed by atoms with Crippen LogP contribution in [0.1, 0.15) is 6.42 Å². The van der Waals surface area contributed by atoms with E-state index in [2.05, 4.69) is 25.6 Å². The van der Waals surface area contributed by atoms with E-state index >= 15 is 0 Å². The van der Waals surface area contributed by atoms with Gasteiger partial charge in [0.2, 0.25) is 11.9 Å². The molecule has 0 spiro atoms. The molecule has 0 fully saturated rings. The van der Waals surface area contributed by atoms with E-state index in [0.29, 0.717) is 24.3 Å². The van der Waals surface area contributed by atoms with Crippen LogP contribution in [0.4, 0.5) is 11.9 Å². The fraction of sp³-hybridized carbons (Fsp3) is 0.667. The number of hydrogen-bond donors (Lipinski definition) is 2. The summed E-state index contributed by atoms with van der Waals surface area (Å²) in [6.45, 7) is 2.12. The molecule has 0 saturated heterocycles. The molecule has 0 aliphatic carbocycles. The number of nitrogens with zero attached hydrogens (tertiary/aromatic N) is 3. The third-order valence-corrected chi connectivity index (χ3v) is 1.95. The quantitative estimate of drug-likeness (QED) is 0.525. The summed E-state index contributed by atoms with van der Waals surface area (Å²) in [7, 11) is 1.68. The smallest absolute Gasteiger partial charge is 0.227 e. The van der Waals surface area contributed by atoms with Crippen molar-refractivity contribution in [1.29, 1.82) is 0 Å². The largest absolute Gasteiger partial charge is 0.385 e. The standard InChI is InChI=1S/C9H16ClN5O/c1-16-6-2-4-11-8-13-7-14-9(15-8)12-5-3-10/h7H,2-6H2,1H3,(H2,11,12,13,14,15). The molecule has 0 unspecified atom stereocenters. The zero-order valence-corrected chi connectivity index (χ0v) is 10.00. The van der Waals surface area contributed by atoms with E-state index in [4.69, 9.17) is 16.3 Å². The average molecular weight is 246 g/mol. The second-order valence-corrected chi connectivity index (χ2v) is 3.40. The van der Waals surface area contributed by atoms with Gasteiger partial charge in [0.25, 0.3) is 0 Å². The Bertz CT molecular complexity index is 299. The minimum Gasteiger partial charge on any atom is -0.385 e. The van der Waals surface area contributed by atoms with Crippen LogP contribution < -0.4 is 10.6 Å². The number of methoxy groups -OCH3 is 1. The molecule has 0 bridgehead atoms. The molecular formula is C9H16ClN5O. The summed E-state index contributed by atoms with van der Waals surface area (Å²) in [5.74, 6) is 1.61. The Kier molecular flexibility index (Phi) is 6.52. The van der Waals surface area contributed by atoms with Gasteiger partial charge in [-0.1, -0.05) is 0 Å². The van der Waals surface area contributed by atoms with Crippen LogP contribution in [0, 0.1) is 0 Å². The molecule has 0 aliphatic rings. The lowest BCUT2D eigenvalue weighted by Gasteiger charge is -2.06. The van der Waals surface area contributed by atoms with Gasteiger partial charge in [-0.2, -0.15) is 4.98 Å². The van der Waals surface area contributed by atoms with Gasteiger partial charge in [0, 0.05) is 32.7 Å². The Morgan fingerprint density at radius 1 is 1.25 bits per heavy atom. The van der Waals surface area contributed by atoms with E-state index < -0.39 is 0 Å². The van der Waals surface area contributed by atoms with E-state index in [1.54, 1.807) is 7.11 Å². The first kappa shape index (κ1) is 12.9. The Labute approximate surface area is 99.8 Å². The fourth-order valence-electron chi connectivity index (χ4n) is 1.04. The molecule has 0 radical (unpaired) electrons. The van der Waals surface area contributed by atoms with Gasteiger partial charge in [-0.3, -0.25) is 0 Å². The monoisotopic (exact) mass is 245 g/mol. The molecule has 1 aromatic heterocycles. The lowest BCUT2D eigenvalue weighted by atomic mass is 10.4. The second-order valence-electron chi connectivity index (χ2n) is 3.02.